The van der Waals surface area contributed by atoms with Gasteiger partial charge in [0, 0.05) is 54.9 Å². The van der Waals surface area contributed by atoms with Crippen molar-refractivity contribution in [1.29, 1.82) is 0 Å². The molecule has 11 heteroatoms. The number of piperidine rings is 1. The number of hydrogen-bond donors (Lipinski definition) is 1. The van der Waals surface area contributed by atoms with Crippen LogP contribution in [-0.2, 0) is 11.3 Å². The zero-order valence-electron chi connectivity index (χ0n) is 16.9. The van der Waals surface area contributed by atoms with Gasteiger partial charge in [-0.3, -0.25) is 14.7 Å². The van der Waals surface area contributed by atoms with Gasteiger partial charge in [0.2, 0.25) is 0 Å². The Kier molecular flexibility index (Phi) is 7.26. The predicted octanol–water partition coefficient (Wildman–Crippen LogP) is 3.07. The van der Waals surface area contributed by atoms with E-state index in [0.717, 1.165) is 45.1 Å². The molecule has 0 bridgehead atoms. The largest absolute Gasteiger partial charge is 0.490 e. The first-order valence-corrected chi connectivity index (χ1v) is 10.6. The Bertz CT molecular complexity index is 907. The predicted molar refractivity (Wildman–Crippen MR) is 108 cm³/mol. The first-order chi connectivity index (χ1) is 14.6. The molecule has 2 aliphatic rings. The summed E-state index contributed by atoms with van der Waals surface area (Å²) in [6.45, 7) is 7.14. The molecule has 0 radical (unpaired) electrons. The lowest BCUT2D eigenvalue weighted by Crippen LogP contribution is -2.43. The molecule has 4 rings (SSSR count). The summed E-state index contributed by atoms with van der Waals surface area (Å²) < 4.78 is 31.7. The molecule has 2 aliphatic heterocycles. The van der Waals surface area contributed by atoms with Gasteiger partial charge in [-0.25, -0.2) is 9.78 Å². The lowest BCUT2D eigenvalue weighted by atomic mass is 9.88. The minimum atomic E-state index is -5.08. The lowest BCUT2D eigenvalue weighted by Gasteiger charge is -2.34. The zero-order valence-corrected chi connectivity index (χ0v) is 17.7. The maximum absolute atomic E-state index is 12.6. The standard InChI is InChI=1S/C18H22N4OS.C2HF3O2/c1-13-2-3-16(24-13)12-21-9-14-4-7-22(11-15(14)10-21)18(23)17-8-19-5-6-20-17;3-2(4,5)1(6)7/h2-3,5-6,8,14-15H,4,7,9-12H2,1H3;(H,6,7)/t14-,15-;/m1./s1. The molecular formula is C20H23F3N4O3S. The van der Waals surface area contributed by atoms with E-state index in [1.165, 1.54) is 9.75 Å². The number of carbonyl (C=O) groups is 2. The van der Waals surface area contributed by atoms with Crippen molar-refractivity contribution in [3.63, 3.8) is 0 Å². The number of hydrogen-bond acceptors (Lipinski definition) is 6. The van der Waals surface area contributed by atoms with Crippen molar-refractivity contribution in [3.8, 4) is 0 Å². The molecule has 2 atom stereocenters. The van der Waals surface area contributed by atoms with Crippen LogP contribution < -0.4 is 0 Å². The van der Waals surface area contributed by atoms with Crippen LogP contribution in [0.4, 0.5) is 13.2 Å². The number of aromatic nitrogens is 2. The highest BCUT2D eigenvalue weighted by Crippen LogP contribution is 2.33. The molecule has 1 amide bonds. The Labute approximate surface area is 181 Å². The maximum Gasteiger partial charge on any atom is 0.490 e. The number of alkyl halides is 3. The lowest BCUT2D eigenvalue weighted by molar-refractivity contribution is -0.192. The van der Waals surface area contributed by atoms with Crippen LogP contribution in [0.25, 0.3) is 0 Å². The van der Waals surface area contributed by atoms with Crippen LogP contribution in [0.1, 0.15) is 26.7 Å². The number of amides is 1. The number of likely N-dealkylation sites (tertiary alicyclic amines) is 2. The maximum atomic E-state index is 12.6. The van der Waals surface area contributed by atoms with Crippen molar-refractivity contribution in [2.24, 2.45) is 11.8 Å². The number of carbonyl (C=O) groups excluding carboxylic acids is 1. The van der Waals surface area contributed by atoms with Crippen LogP contribution in [0, 0.1) is 18.8 Å². The number of halogens is 3. The second kappa shape index (κ2) is 9.73. The van der Waals surface area contributed by atoms with Gasteiger partial charge in [0.25, 0.3) is 5.91 Å². The number of carboxylic acids is 1. The Hall–Kier alpha value is -2.53. The summed E-state index contributed by atoms with van der Waals surface area (Å²) in [5, 5.41) is 7.12. The smallest absolute Gasteiger partial charge is 0.475 e. The van der Waals surface area contributed by atoms with Gasteiger partial charge in [0.1, 0.15) is 5.69 Å². The highest BCUT2D eigenvalue weighted by atomic mass is 32.1. The number of thiophene rings is 1. The molecule has 7 nitrogen and oxygen atoms in total. The number of rotatable bonds is 3. The summed E-state index contributed by atoms with van der Waals surface area (Å²) in [5.74, 6) is -1.43. The van der Waals surface area contributed by atoms with Crippen LogP contribution in [0.5, 0.6) is 0 Å². The molecule has 2 aromatic heterocycles. The Morgan fingerprint density at radius 3 is 2.48 bits per heavy atom. The monoisotopic (exact) mass is 456 g/mol. The van der Waals surface area contributed by atoms with Crippen LogP contribution in [0.15, 0.2) is 30.7 Å². The molecule has 2 aromatic rings. The highest BCUT2D eigenvalue weighted by molar-refractivity contribution is 7.11. The normalized spacial score (nSPS) is 21.2. The number of aryl methyl sites for hydroxylation is 1. The van der Waals surface area contributed by atoms with Crippen molar-refractivity contribution < 1.29 is 27.9 Å². The van der Waals surface area contributed by atoms with Gasteiger partial charge in [-0.15, -0.1) is 11.3 Å². The molecule has 0 aliphatic carbocycles. The van der Waals surface area contributed by atoms with E-state index in [4.69, 9.17) is 9.90 Å². The van der Waals surface area contributed by atoms with Crippen LogP contribution >= 0.6 is 11.3 Å². The van der Waals surface area contributed by atoms with Crippen molar-refractivity contribution in [1.82, 2.24) is 19.8 Å². The number of nitrogens with zero attached hydrogens (tertiary/aromatic N) is 4. The topological polar surface area (TPSA) is 86.6 Å². The van der Waals surface area contributed by atoms with Gasteiger partial charge >= 0.3 is 12.1 Å². The van der Waals surface area contributed by atoms with Gasteiger partial charge in [-0.2, -0.15) is 13.2 Å². The number of carboxylic acid groups (broad SMARTS) is 1. The average Bonchev–Trinajstić information content (AvgIpc) is 3.32. The van der Waals surface area contributed by atoms with Crippen LogP contribution in [0.3, 0.4) is 0 Å². The molecule has 0 unspecified atom stereocenters. The fraction of sp³-hybridized carbons (Fsp3) is 0.500. The second-order valence-electron chi connectivity index (χ2n) is 7.66. The average molecular weight is 456 g/mol. The summed E-state index contributed by atoms with van der Waals surface area (Å²) in [5.41, 5.74) is 0.458. The fourth-order valence-corrected chi connectivity index (χ4v) is 4.87. The minimum Gasteiger partial charge on any atom is -0.475 e. The molecule has 0 saturated carbocycles. The summed E-state index contributed by atoms with van der Waals surface area (Å²) in [6, 6.07) is 4.44. The number of fused-ring (bicyclic) bond motifs is 1. The van der Waals surface area contributed by atoms with Crippen molar-refractivity contribution in [2.75, 3.05) is 26.2 Å². The van der Waals surface area contributed by atoms with E-state index in [1.54, 1.807) is 18.6 Å². The second-order valence-corrected chi connectivity index (χ2v) is 9.03. The van der Waals surface area contributed by atoms with Gasteiger partial charge in [0.15, 0.2) is 0 Å². The third-order valence-corrected chi connectivity index (χ3v) is 6.35. The molecule has 0 spiro atoms. The van der Waals surface area contributed by atoms with Crippen molar-refractivity contribution >= 4 is 23.2 Å². The first-order valence-electron chi connectivity index (χ1n) is 9.76. The SMILES string of the molecule is Cc1ccc(CN2C[C@H]3CCN(C(=O)c4cnccn4)C[C@H]3C2)s1.O=C(O)C(F)(F)F. The Morgan fingerprint density at radius 2 is 1.90 bits per heavy atom. The molecule has 1 N–H and O–H groups in total. The van der Waals surface area contributed by atoms with E-state index in [2.05, 4.69) is 33.9 Å². The van der Waals surface area contributed by atoms with E-state index in [0.29, 0.717) is 11.6 Å². The minimum absolute atomic E-state index is 0.0221. The number of aliphatic carboxylic acids is 1. The highest BCUT2D eigenvalue weighted by Gasteiger charge is 2.39. The third kappa shape index (κ3) is 6.23. The Balaban J connectivity index is 0.000000339. The van der Waals surface area contributed by atoms with E-state index >= 15 is 0 Å². The first kappa shape index (κ1) is 23.1. The molecule has 2 fully saturated rings. The van der Waals surface area contributed by atoms with E-state index < -0.39 is 12.1 Å². The van der Waals surface area contributed by atoms with Crippen LogP contribution in [-0.4, -0.2) is 69.1 Å². The van der Waals surface area contributed by atoms with Gasteiger partial charge in [0.05, 0.1) is 6.20 Å². The molecular weight excluding hydrogens is 433 g/mol. The van der Waals surface area contributed by atoms with E-state index in [1.807, 2.05) is 16.2 Å². The van der Waals surface area contributed by atoms with Gasteiger partial charge in [-0.05, 0) is 37.3 Å². The molecule has 31 heavy (non-hydrogen) atoms. The summed E-state index contributed by atoms with van der Waals surface area (Å²) in [6.07, 6.45) is 0.760. The molecule has 168 valence electrons. The van der Waals surface area contributed by atoms with E-state index in [9.17, 15) is 18.0 Å². The van der Waals surface area contributed by atoms with Crippen molar-refractivity contribution in [3.05, 3.63) is 46.2 Å². The van der Waals surface area contributed by atoms with Crippen molar-refractivity contribution in [2.45, 2.75) is 26.1 Å². The fourth-order valence-electron chi connectivity index (χ4n) is 3.94. The van der Waals surface area contributed by atoms with Gasteiger partial charge < -0.3 is 10.0 Å². The van der Waals surface area contributed by atoms with Crippen LogP contribution in [0.2, 0.25) is 0 Å². The quantitative estimate of drug-likeness (QED) is 0.764. The molecule has 2 saturated heterocycles. The van der Waals surface area contributed by atoms with Gasteiger partial charge in [-0.1, -0.05) is 0 Å². The summed E-state index contributed by atoms with van der Waals surface area (Å²) in [4.78, 5) is 37.0. The summed E-state index contributed by atoms with van der Waals surface area (Å²) >= 11 is 1.89. The summed E-state index contributed by atoms with van der Waals surface area (Å²) in [7, 11) is 0. The molecule has 0 aromatic carbocycles. The zero-order chi connectivity index (χ0) is 22.6. The third-order valence-electron chi connectivity index (χ3n) is 5.36. The Morgan fingerprint density at radius 1 is 1.19 bits per heavy atom. The van der Waals surface area contributed by atoms with E-state index in [-0.39, 0.29) is 5.91 Å². The molecule has 4 heterocycles.